The van der Waals surface area contributed by atoms with E-state index in [0.29, 0.717) is 18.0 Å². The Morgan fingerprint density at radius 2 is 2.22 bits per heavy atom. The molecular formula is C17H22N2O4. The van der Waals surface area contributed by atoms with Crippen LogP contribution in [-0.4, -0.2) is 43.7 Å². The van der Waals surface area contributed by atoms with Gasteiger partial charge < -0.3 is 14.8 Å². The van der Waals surface area contributed by atoms with Crippen LogP contribution in [0.1, 0.15) is 26.2 Å². The van der Waals surface area contributed by atoms with Crippen molar-refractivity contribution in [1.29, 1.82) is 0 Å². The lowest BCUT2D eigenvalue weighted by Gasteiger charge is -2.24. The topological polar surface area (TPSA) is 67.9 Å². The van der Waals surface area contributed by atoms with Gasteiger partial charge in [-0.05, 0) is 31.9 Å². The Hall–Kier alpha value is -2.08. The molecule has 6 nitrogen and oxygen atoms in total. The zero-order chi connectivity index (χ0) is 16.2. The van der Waals surface area contributed by atoms with Gasteiger partial charge in [-0.1, -0.05) is 12.1 Å². The highest BCUT2D eigenvalue weighted by Gasteiger charge is 2.27. The summed E-state index contributed by atoms with van der Waals surface area (Å²) in [7, 11) is 0. The van der Waals surface area contributed by atoms with E-state index in [2.05, 4.69) is 5.32 Å². The minimum atomic E-state index is -0.182. The molecule has 1 fully saturated rings. The predicted octanol–water partition coefficient (Wildman–Crippen LogP) is 1.49. The first-order valence-electron chi connectivity index (χ1n) is 8.08. The zero-order valence-corrected chi connectivity index (χ0v) is 13.3. The summed E-state index contributed by atoms with van der Waals surface area (Å²) < 4.78 is 11.2. The molecule has 1 saturated heterocycles. The van der Waals surface area contributed by atoms with Crippen LogP contribution in [-0.2, 0) is 14.3 Å². The van der Waals surface area contributed by atoms with Crippen LogP contribution in [0.25, 0.3) is 0 Å². The molecule has 0 spiro atoms. The second-order valence-electron chi connectivity index (χ2n) is 5.95. The summed E-state index contributed by atoms with van der Waals surface area (Å²) in [4.78, 5) is 26.1. The number of nitrogens with zero attached hydrogens (tertiary/aromatic N) is 1. The van der Waals surface area contributed by atoms with Crippen LogP contribution >= 0.6 is 0 Å². The van der Waals surface area contributed by atoms with Gasteiger partial charge in [0.1, 0.15) is 12.3 Å². The molecule has 0 aromatic heterocycles. The summed E-state index contributed by atoms with van der Waals surface area (Å²) in [5.41, 5.74) is 0.648. The molecule has 124 valence electrons. The molecule has 0 saturated carbocycles. The monoisotopic (exact) mass is 318 g/mol. The van der Waals surface area contributed by atoms with Crippen molar-refractivity contribution < 1.29 is 19.1 Å². The quantitative estimate of drug-likeness (QED) is 0.913. The Kier molecular flexibility index (Phi) is 4.81. The molecule has 0 aliphatic carbocycles. The number of fused-ring (bicyclic) bond motifs is 1. The van der Waals surface area contributed by atoms with Gasteiger partial charge in [-0.3, -0.25) is 14.5 Å². The normalized spacial score (nSPS) is 22.0. The van der Waals surface area contributed by atoms with Gasteiger partial charge in [0.05, 0.1) is 30.9 Å². The van der Waals surface area contributed by atoms with E-state index in [1.165, 1.54) is 4.90 Å². The maximum Gasteiger partial charge on any atom is 0.240 e. The molecule has 2 aliphatic rings. The predicted molar refractivity (Wildman–Crippen MR) is 85.5 cm³/mol. The third kappa shape index (κ3) is 3.64. The van der Waals surface area contributed by atoms with Crippen LogP contribution in [0, 0.1) is 0 Å². The van der Waals surface area contributed by atoms with Gasteiger partial charge in [-0.25, -0.2) is 0 Å². The standard InChI is InChI=1S/C17H22N2O4/c1-12(14-7-4-9-22-14)18-16(20)11-19-13-5-2-3-6-15(13)23-10-8-17(19)21/h2-3,5-6,12,14H,4,7-11H2,1H3,(H,18,20). The van der Waals surface area contributed by atoms with Crippen LogP contribution in [0.4, 0.5) is 5.69 Å². The number of benzene rings is 1. The number of carbonyl (C=O) groups excluding carboxylic acids is 2. The summed E-state index contributed by atoms with van der Waals surface area (Å²) in [5.74, 6) is 0.353. The number of amides is 2. The highest BCUT2D eigenvalue weighted by molar-refractivity contribution is 6.00. The van der Waals surface area contributed by atoms with Crippen LogP contribution in [0.5, 0.6) is 5.75 Å². The smallest absolute Gasteiger partial charge is 0.240 e. The van der Waals surface area contributed by atoms with Crippen molar-refractivity contribution in [1.82, 2.24) is 5.32 Å². The van der Waals surface area contributed by atoms with Gasteiger partial charge in [-0.15, -0.1) is 0 Å². The fraction of sp³-hybridized carbons (Fsp3) is 0.529. The Bertz CT molecular complexity index is 584. The molecule has 6 heteroatoms. The van der Waals surface area contributed by atoms with Gasteiger partial charge in [0, 0.05) is 6.61 Å². The summed E-state index contributed by atoms with van der Waals surface area (Å²) in [6.45, 7) is 3.02. The van der Waals surface area contributed by atoms with Crippen LogP contribution in [0.15, 0.2) is 24.3 Å². The lowest BCUT2D eigenvalue weighted by atomic mass is 10.1. The Morgan fingerprint density at radius 1 is 1.39 bits per heavy atom. The van der Waals surface area contributed by atoms with E-state index in [0.717, 1.165) is 19.4 Å². The van der Waals surface area contributed by atoms with Crippen molar-refractivity contribution in [2.24, 2.45) is 0 Å². The van der Waals surface area contributed by atoms with E-state index in [1.54, 1.807) is 6.07 Å². The maximum absolute atomic E-state index is 12.3. The highest BCUT2D eigenvalue weighted by atomic mass is 16.5. The SMILES string of the molecule is CC(NC(=O)CN1C(=O)CCOc2ccccc21)C1CCCO1. The van der Waals surface area contributed by atoms with Gasteiger partial charge in [0.25, 0.3) is 0 Å². The van der Waals surface area contributed by atoms with Crippen molar-refractivity contribution in [2.75, 3.05) is 24.7 Å². The van der Waals surface area contributed by atoms with Crippen molar-refractivity contribution in [3.8, 4) is 5.75 Å². The number of carbonyl (C=O) groups is 2. The van der Waals surface area contributed by atoms with Crippen LogP contribution in [0.3, 0.4) is 0 Å². The van der Waals surface area contributed by atoms with E-state index in [4.69, 9.17) is 9.47 Å². The molecule has 3 rings (SSSR count). The third-order valence-corrected chi connectivity index (χ3v) is 4.24. The number of hydrogen-bond donors (Lipinski definition) is 1. The first kappa shape index (κ1) is 15.8. The first-order valence-corrected chi connectivity index (χ1v) is 8.08. The van der Waals surface area contributed by atoms with E-state index in [9.17, 15) is 9.59 Å². The number of para-hydroxylation sites is 2. The molecule has 0 radical (unpaired) electrons. The summed E-state index contributed by atoms with van der Waals surface area (Å²) in [6.07, 6.45) is 2.32. The number of nitrogens with one attached hydrogen (secondary N) is 1. The molecule has 1 aromatic rings. The molecule has 2 aliphatic heterocycles. The molecule has 1 N–H and O–H groups in total. The average Bonchev–Trinajstić information content (AvgIpc) is 3.03. The molecule has 23 heavy (non-hydrogen) atoms. The van der Waals surface area contributed by atoms with Crippen LogP contribution < -0.4 is 15.0 Å². The third-order valence-electron chi connectivity index (χ3n) is 4.24. The molecular weight excluding hydrogens is 296 g/mol. The summed E-state index contributed by atoms with van der Waals surface area (Å²) >= 11 is 0. The van der Waals surface area contributed by atoms with Crippen molar-refractivity contribution >= 4 is 17.5 Å². The van der Waals surface area contributed by atoms with Crippen molar-refractivity contribution in [3.05, 3.63) is 24.3 Å². The number of ether oxygens (including phenoxy) is 2. The average molecular weight is 318 g/mol. The minimum Gasteiger partial charge on any atom is -0.491 e. The van der Waals surface area contributed by atoms with Gasteiger partial charge in [0.15, 0.2) is 0 Å². The Labute approximate surface area is 135 Å². The minimum absolute atomic E-state index is 0.00370. The number of anilines is 1. The van der Waals surface area contributed by atoms with Gasteiger partial charge >= 0.3 is 0 Å². The van der Waals surface area contributed by atoms with E-state index < -0.39 is 0 Å². The second-order valence-corrected chi connectivity index (χ2v) is 5.95. The van der Waals surface area contributed by atoms with Crippen LogP contribution in [0.2, 0.25) is 0 Å². The van der Waals surface area contributed by atoms with Gasteiger partial charge in [0.2, 0.25) is 11.8 Å². The maximum atomic E-state index is 12.3. The van der Waals surface area contributed by atoms with Crippen molar-refractivity contribution in [2.45, 2.75) is 38.3 Å². The van der Waals surface area contributed by atoms with E-state index >= 15 is 0 Å². The Balaban J connectivity index is 1.67. The summed E-state index contributed by atoms with van der Waals surface area (Å²) in [5, 5.41) is 2.94. The van der Waals surface area contributed by atoms with Gasteiger partial charge in [-0.2, -0.15) is 0 Å². The molecule has 2 amide bonds. The Morgan fingerprint density at radius 3 is 3.00 bits per heavy atom. The van der Waals surface area contributed by atoms with E-state index in [-0.39, 0.29) is 36.9 Å². The number of rotatable bonds is 4. The van der Waals surface area contributed by atoms with E-state index in [1.807, 2.05) is 25.1 Å². The fourth-order valence-corrected chi connectivity index (χ4v) is 3.03. The first-order chi connectivity index (χ1) is 11.1. The largest absolute Gasteiger partial charge is 0.491 e. The lowest BCUT2D eigenvalue weighted by Crippen LogP contribution is -2.47. The molecule has 2 heterocycles. The number of hydrogen-bond acceptors (Lipinski definition) is 4. The van der Waals surface area contributed by atoms with Crippen molar-refractivity contribution in [3.63, 3.8) is 0 Å². The summed E-state index contributed by atoms with van der Waals surface area (Å²) in [6, 6.07) is 7.24. The lowest BCUT2D eigenvalue weighted by molar-refractivity contribution is -0.124. The second kappa shape index (κ2) is 7.00. The molecule has 0 bridgehead atoms. The molecule has 2 unspecified atom stereocenters. The highest BCUT2D eigenvalue weighted by Crippen LogP contribution is 2.30. The molecule has 2 atom stereocenters. The molecule has 1 aromatic carbocycles. The zero-order valence-electron chi connectivity index (χ0n) is 13.3. The fourth-order valence-electron chi connectivity index (χ4n) is 3.03.